The monoisotopic (exact) mass is 251 g/mol. The van der Waals surface area contributed by atoms with Crippen LogP contribution in [0.4, 0.5) is 5.82 Å². The normalized spacial score (nSPS) is 24.4. The van der Waals surface area contributed by atoms with E-state index < -0.39 is 0 Å². The van der Waals surface area contributed by atoms with Gasteiger partial charge in [-0.2, -0.15) is 0 Å². The first kappa shape index (κ1) is 11.3. The predicted molar refractivity (Wildman–Crippen MR) is 69.7 cm³/mol. The highest BCUT2D eigenvalue weighted by Crippen LogP contribution is 2.40. The Hall–Kier alpha value is -0.830. The summed E-state index contributed by atoms with van der Waals surface area (Å²) in [6.45, 7) is 6.51. The van der Waals surface area contributed by atoms with Gasteiger partial charge in [0.15, 0.2) is 0 Å². The number of hydrogen-bond acceptors (Lipinski definition) is 3. The summed E-state index contributed by atoms with van der Waals surface area (Å²) >= 11 is 6.23. The van der Waals surface area contributed by atoms with Gasteiger partial charge in [-0.1, -0.05) is 18.5 Å². The molecule has 1 aromatic rings. The Kier molecular flexibility index (Phi) is 2.74. The van der Waals surface area contributed by atoms with Crippen molar-refractivity contribution in [3.05, 3.63) is 16.5 Å². The molecule has 0 aromatic carbocycles. The van der Waals surface area contributed by atoms with E-state index >= 15 is 0 Å². The molecule has 0 bridgehead atoms. The molecule has 3 nitrogen and oxygen atoms in total. The lowest BCUT2D eigenvalue weighted by atomic mass is 10.2. The molecule has 1 atom stereocenters. The van der Waals surface area contributed by atoms with E-state index in [-0.39, 0.29) is 0 Å². The van der Waals surface area contributed by atoms with Gasteiger partial charge in [0.1, 0.15) is 16.8 Å². The van der Waals surface area contributed by atoms with E-state index in [9.17, 15) is 0 Å². The SMILES string of the molecule is Cc1c(Cl)nc(C2CC2)nc1N1CCC(C)C1. The van der Waals surface area contributed by atoms with Crippen molar-refractivity contribution >= 4 is 17.4 Å². The third-order valence-electron chi connectivity index (χ3n) is 3.74. The molecule has 1 saturated carbocycles. The maximum Gasteiger partial charge on any atom is 0.137 e. The molecule has 1 aliphatic carbocycles. The quantitative estimate of drug-likeness (QED) is 0.756. The van der Waals surface area contributed by atoms with Gasteiger partial charge in [-0.15, -0.1) is 0 Å². The Morgan fingerprint density at radius 3 is 2.59 bits per heavy atom. The lowest BCUT2D eigenvalue weighted by Crippen LogP contribution is -2.22. The molecule has 1 aliphatic heterocycles. The average Bonchev–Trinajstić information content (AvgIpc) is 3.05. The van der Waals surface area contributed by atoms with Gasteiger partial charge >= 0.3 is 0 Å². The Bertz CT molecular complexity index is 443. The largest absolute Gasteiger partial charge is 0.356 e. The molecular formula is C13H18ClN3. The molecule has 0 spiro atoms. The van der Waals surface area contributed by atoms with Crippen LogP contribution < -0.4 is 4.90 Å². The van der Waals surface area contributed by atoms with Crippen LogP contribution in [0.5, 0.6) is 0 Å². The van der Waals surface area contributed by atoms with Gasteiger partial charge < -0.3 is 4.90 Å². The van der Waals surface area contributed by atoms with Gasteiger partial charge in [-0.25, -0.2) is 9.97 Å². The van der Waals surface area contributed by atoms with Crippen molar-refractivity contribution < 1.29 is 0 Å². The van der Waals surface area contributed by atoms with Crippen LogP contribution in [0.2, 0.25) is 5.15 Å². The number of halogens is 1. The average molecular weight is 252 g/mol. The molecule has 2 aliphatic rings. The molecule has 92 valence electrons. The lowest BCUT2D eigenvalue weighted by molar-refractivity contribution is 0.658. The first-order valence-electron chi connectivity index (χ1n) is 6.44. The summed E-state index contributed by atoms with van der Waals surface area (Å²) in [5, 5.41) is 0.636. The second-order valence-corrected chi connectivity index (χ2v) is 5.79. The molecule has 0 amide bonds. The fourth-order valence-electron chi connectivity index (χ4n) is 2.45. The van der Waals surface area contributed by atoms with Gasteiger partial charge in [-0.3, -0.25) is 0 Å². The van der Waals surface area contributed by atoms with Crippen molar-refractivity contribution in [3.63, 3.8) is 0 Å². The van der Waals surface area contributed by atoms with Crippen LogP contribution in [-0.2, 0) is 0 Å². The third-order valence-corrected chi connectivity index (χ3v) is 4.11. The smallest absolute Gasteiger partial charge is 0.137 e. The topological polar surface area (TPSA) is 29.0 Å². The number of rotatable bonds is 2. The highest BCUT2D eigenvalue weighted by atomic mass is 35.5. The molecular weight excluding hydrogens is 234 g/mol. The fourth-order valence-corrected chi connectivity index (χ4v) is 2.62. The summed E-state index contributed by atoms with van der Waals surface area (Å²) in [7, 11) is 0. The van der Waals surface area contributed by atoms with E-state index in [1.807, 2.05) is 6.92 Å². The number of aromatic nitrogens is 2. The lowest BCUT2D eigenvalue weighted by Gasteiger charge is -2.20. The molecule has 17 heavy (non-hydrogen) atoms. The summed E-state index contributed by atoms with van der Waals surface area (Å²) in [5.41, 5.74) is 1.03. The predicted octanol–water partition coefficient (Wildman–Crippen LogP) is 3.16. The number of hydrogen-bond donors (Lipinski definition) is 0. The first-order valence-corrected chi connectivity index (χ1v) is 6.82. The van der Waals surface area contributed by atoms with Crippen LogP contribution in [0.3, 0.4) is 0 Å². The highest BCUT2D eigenvalue weighted by molar-refractivity contribution is 6.30. The number of anilines is 1. The van der Waals surface area contributed by atoms with Crippen LogP contribution in [-0.4, -0.2) is 23.1 Å². The van der Waals surface area contributed by atoms with Crippen LogP contribution in [0.15, 0.2) is 0 Å². The zero-order valence-corrected chi connectivity index (χ0v) is 11.2. The zero-order valence-electron chi connectivity index (χ0n) is 10.4. The molecule has 0 radical (unpaired) electrons. The van der Waals surface area contributed by atoms with Gasteiger partial charge in [0.25, 0.3) is 0 Å². The molecule has 1 saturated heterocycles. The Morgan fingerprint density at radius 1 is 1.24 bits per heavy atom. The van der Waals surface area contributed by atoms with E-state index in [0.717, 1.165) is 36.2 Å². The van der Waals surface area contributed by atoms with Crippen molar-refractivity contribution in [2.24, 2.45) is 5.92 Å². The van der Waals surface area contributed by atoms with Crippen LogP contribution >= 0.6 is 11.6 Å². The first-order chi connectivity index (χ1) is 8.15. The minimum atomic E-state index is 0.562. The summed E-state index contributed by atoms with van der Waals surface area (Å²) in [5.74, 6) is 3.34. The van der Waals surface area contributed by atoms with Crippen molar-refractivity contribution in [2.45, 2.75) is 39.0 Å². The summed E-state index contributed by atoms with van der Waals surface area (Å²) < 4.78 is 0. The van der Waals surface area contributed by atoms with Crippen LogP contribution in [0, 0.1) is 12.8 Å². The van der Waals surface area contributed by atoms with Gasteiger partial charge in [0.05, 0.1) is 0 Å². The van der Waals surface area contributed by atoms with Gasteiger partial charge in [0, 0.05) is 24.6 Å². The van der Waals surface area contributed by atoms with E-state index in [1.54, 1.807) is 0 Å². The zero-order chi connectivity index (χ0) is 12.0. The minimum absolute atomic E-state index is 0.562. The minimum Gasteiger partial charge on any atom is -0.356 e. The maximum absolute atomic E-state index is 6.23. The Labute approximate surface area is 107 Å². The van der Waals surface area contributed by atoms with Crippen molar-refractivity contribution in [1.82, 2.24) is 9.97 Å². The van der Waals surface area contributed by atoms with E-state index in [0.29, 0.717) is 11.1 Å². The van der Waals surface area contributed by atoms with Gasteiger partial charge in [0.2, 0.25) is 0 Å². The summed E-state index contributed by atoms with van der Waals surface area (Å²) in [6, 6.07) is 0. The van der Waals surface area contributed by atoms with Crippen LogP contribution in [0.25, 0.3) is 0 Å². The number of nitrogens with zero attached hydrogens (tertiary/aromatic N) is 3. The second-order valence-electron chi connectivity index (χ2n) is 5.44. The summed E-state index contributed by atoms with van der Waals surface area (Å²) in [4.78, 5) is 11.5. The Morgan fingerprint density at radius 2 is 2.00 bits per heavy atom. The highest BCUT2D eigenvalue weighted by Gasteiger charge is 2.30. The third kappa shape index (κ3) is 2.13. The van der Waals surface area contributed by atoms with Crippen molar-refractivity contribution in [1.29, 1.82) is 0 Å². The Balaban J connectivity index is 1.96. The molecule has 2 fully saturated rings. The molecule has 2 heterocycles. The van der Waals surface area contributed by atoms with E-state index in [4.69, 9.17) is 16.6 Å². The van der Waals surface area contributed by atoms with Crippen LogP contribution in [0.1, 0.15) is 43.5 Å². The van der Waals surface area contributed by atoms with E-state index in [1.165, 1.54) is 19.3 Å². The maximum atomic E-state index is 6.23. The molecule has 1 unspecified atom stereocenters. The standard InChI is InChI=1S/C13H18ClN3/c1-8-5-6-17(7-8)13-9(2)11(14)15-12(16-13)10-3-4-10/h8,10H,3-7H2,1-2H3. The fraction of sp³-hybridized carbons (Fsp3) is 0.692. The summed E-state index contributed by atoms with van der Waals surface area (Å²) in [6.07, 6.45) is 3.68. The van der Waals surface area contributed by atoms with Gasteiger partial charge in [-0.05, 0) is 32.1 Å². The molecule has 4 heteroatoms. The van der Waals surface area contributed by atoms with E-state index in [2.05, 4.69) is 16.8 Å². The molecule has 0 N–H and O–H groups in total. The molecule has 3 rings (SSSR count). The van der Waals surface area contributed by atoms with Crippen molar-refractivity contribution in [2.75, 3.05) is 18.0 Å². The van der Waals surface area contributed by atoms with Crippen molar-refractivity contribution in [3.8, 4) is 0 Å². The second kappa shape index (κ2) is 4.13. The molecule has 1 aromatic heterocycles.